The molecule has 0 atom stereocenters. The first-order valence-corrected chi connectivity index (χ1v) is 11.1. The van der Waals surface area contributed by atoms with Crippen molar-refractivity contribution in [1.29, 1.82) is 0 Å². The van der Waals surface area contributed by atoms with Gasteiger partial charge in [0, 0.05) is 18.3 Å². The van der Waals surface area contributed by atoms with E-state index in [-0.39, 0.29) is 16.5 Å². The van der Waals surface area contributed by atoms with Gasteiger partial charge >= 0.3 is 5.97 Å². The summed E-state index contributed by atoms with van der Waals surface area (Å²) in [5, 5.41) is 12.6. The van der Waals surface area contributed by atoms with E-state index >= 15 is 0 Å². The Bertz CT molecular complexity index is 907. The van der Waals surface area contributed by atoms with Gasteiger partial charge < -0.3 is 10.4 Å². The molecule has 0 heterocycles. The molecule has 6 nitrogen and oxygen atoms in total. The number of carboxylic acid groups (broad SMARTS) is 1. The molecule has 1 aliphatic rings. The van der Waals surface area contributed by atoms with Crippen LogP contribution in [0.25, 0.3) is 0 Å². The summed E-state index contributed by atoms with van der Waals surface area (Å²) in [5.41, 5.74) is 1.52. The number of rotatable bonds is 8. The normalized spacial score (nSPS) is 15.3. The van der Waals surface area contributed by atoms with Gasteiger partial charge in [-0.1, -0.05) is 49.6 Å². The van der Waals surface area contributed by atoms with Gasteiger partial charge in [-0.15, -0.1) is 0 Å². The molecule has 3 rings (SSSR count). The summed E-state index contributed by atoms with van der Waals surface area (Å²) >= 11 is 0. The number of nitrogens with one attached hydrogen (secondary N) is 2. The zero-order valence-corrected chi connectivity index (χ0v) is 16.5. The maximum absolute atomic E-state index is 12.7. The largest absolute Gasteiger partial charge is 0.478 e. The minimum atomic E-state index is -3.74. The van der Waals surface area contributed by atoms with E-state index in [1.807, 2.05) is 30.3 Å². The van der Waals surface area contributed by atoms with E-state index in [9.17, 15) is 18.3 Å². The summed E-state index contributed by atoms with van der Waals surface area (Å²) in [6.45, 7) is 0.552. The number of benzene rings is 2. The first-order valence-electron chi connectivity index (χ1n) is 9.63. The van der Waals surface area contributed by atoms with Gasteiger partial charge in [0.1, 0.15) is 0 Å². The smallest absolute Gasteiger partial charge is 0.337 e. The molecule has 1 fully saturated rings. The van der Waals surface area contributed by atoms with Crippen LogP contribution >= 0.6 is 0 Å². The van der Waals surface area contributed by atoms with Gasteiger partial charge in [0.05, 0.1) is 10.5 Å². The first kappa shape index (κ1) is 20.4. The third-order valence-corrected chi connectivity index (χ3v) is 6.55. The summed E-state index contributed by atoms with van der Waals surface area (Å²) in [4.78, 5) is 11.7. The molecule has 0 aliphatic heterocycles. The highest BCUT2D eigenvalue weighted by molar-refractivity contribution is 7.89. The average molecular weight is 403 g/mol. The molecule has 1 saturated carbocycles. The molecule has 28 heavy (non-hydrogen) atoms. The molecule has 7 heteroatoms. The zero-order valence-electron chi connectivity index (χ0n) is 15.7. The van der Waals surface area contributed by atoms with E-state index in [2.05, 4.69) is 10.0 Å². The number of carboxylic acids is 1. The molecule has 2 aromatic rings. The van der Waals surface area contributed by atoms with Crippen molar-refractivity contribution < 1.29 is 18.3 Å². The molecule has 0 saturated heterocycles. The van der Waals surface area contributed by atoms with Crippen LogP contribution in [-0.2, 0) is 16.4 Å². The van der Waals surface area contributed by atoms with Crippen LogP contribution < -0.4 is 10.0 Å². The number of hydrogen-bond acceptors (Lipinski definition) is 4. The molecule has 2 aromatic carbocycles. The van der Waals surface area contributed by atoms with Gasteiger partial charge in [-0.25, -0.2) is 17.9 Å². The second-order valence-electron chi connectivity index (χ2n) is 7.13. The van der Waals surface area contributed by atoms with Crippen LogP contribution in [0.1, 0.15) is 48.0 Å². The first-order chi connectivity index (χ1) is 13.5. The molecule has 0 radical (unpaired) electrons. The van der Waals surface area contributed by atoms with Crippen LogP contribution in [0.5, 0.6) is 0 Å². The van der Waals surface area contributed by atoms with Crippen molar-refractivity contribution in [3.8, 4) is 0 Å². The van der Waals surface area contributed by atoms with Crippen molar-refractivity contribution in [2.75, 3.05) is 11.9 Å². The van der Waals surface area contributed by atoms with Crippen LogP contribution in [0.4, 0.5) is 5.69 Å². The van der Waals surface area contributed by atoms with Gasteiger partial charge in [-0.05, 0) is 43.0 Å². The van der Waals surface area contributed by atoms with Crippen LogP contribution in [-0.4, -0.2) is 32.1 Å². The van der Waals surface area contributed by atoms with Crippen molar-refractivity contribution in [1.82, 2.24) is 4.72 Å². The number of sulfonamides is 1. The lowest BCUT2D eigenvalue weighted by atomic mass is 9.96. The maximum atomic E-state index is 12.7. The Balaban J connectivity index is 1.72. The van der Waals surface area contributed by atoms with Crippen molar-refractivity contribution in [3.63, 3.8) is 0 Å². The average Bonchev–Trinajstić information content (AvgIpc) is 2.69. The minimum absolute atomic E-state index is 0.0101. The Kier molecular flexibility index (Phi) is 6.70. The highest BCUT2D eigenvalue weighted by Gasteiger charge is 2.23. The Morgan fingerprint density at radius 1 is 1.04 bits per heavy atom. The monoisotopic (exact) mass is 402 g/mol. The molecular weight excluding hydrogens is 376 g/mol. The molecular formula is C21H26N2O4S. The molecule has 3 N–H and O–H groups in total. The Morgan fingerprint density at radius 3 is 2.43 bits per heavy atom. The fourth-order valence-corrected chi connectivity index (χ4v) is 4.85. The third kappa shape index (κ3) is 5.33. The molecule has 0 unspecified atom stereocenters. The van der Waals surface area contributed by atoms with E-state index in [1.54, 1.807) is 0 Å². The van der Waals surface area contributed by atoms with Gasteiger partial charge in [-0.3, -0.25) is 0 Å². The topological polar surface area (TPSA) is 95.5 Å². The lowest BCUT2D eigenvalue weighted by Gasteiger charge is -2.22. The summed E-state index contributed by atoms with van der Waals surface area (Å²) in [5.74, 6) is -1.16. The standard InChI is InChI=1S/C21H26N2O4S/c24-21(25)19-15-18(28(26,27)23-17-9-5-2-6-10-17)11-12-20(19)22-14-13-16-7-3-1-4-8-16/h1,3-4,7-8,11-12,15,17,22-23H,2,5-6,9-10,13-14H2,(H,24,25). The van der Waals surface area contributed by atoms with Crippen molar-refractivity contribution >= 4 is 21.7 Å². The second kappa shape index (κ2) is 9.21. The van der Waals surface area contributed by atoms with E-state index < -0.39 is 16.0 Å². The van der Waals surface area contributed by atoms with E-state index in [0.29, 0.717) is 12.2 Å². The lowest BCUT2D eigenvalue weighted by molar-refractivity contribution is 0.0697. The Morgan fingerprint density at radius 2 is 1.75 bits per heavy atom. The SMILES string of the molecule is O=C(O)c1cc(S(=O)(=O)NC2CCCCC2)ccc1NCCc1ccccc1. The van der Waals surface area contributed by atoms with Crippen molar-refractivity contribution in [2.24, 2.45) is 0 Å². The van der Waals surface area contributed by atoms with Crippen LogP contribution in [0.15, 0.2) is 53.4 Å². The summed E-state index contributed by atoms with van der Waals surface area (Å²) < 4.78 is 28.0. The van der Waals surface area contributed by atoms with Gasteiger partial charge in [-0.2, -0.15) is 0 Å². The second-order valence-corrected chi connectivity index (χ2v) is 8.85. The van der Waals surface area contributed by atoms with Crippen LogP contribution in [0.2, 0.25) is 0 Å². The van der Waals surface area contributed by atoms with Crippen LogP contribution in [0.3, 0.4) is 0 Å². The fraction of sp³-hybridized carbons (Fsp3) is 0.381. The molecule has 0 bridgehead atoms. The predicted molar refractivity (Wildman–Crippen MR) is 109 cm³/mol. The Labute approximate surface area is 166 Å². The lowest BCUT2D eigenvalue weighted by Crippen LogP contribution is -2.36. The molecule has 0 amide bonds. The van der Waals surface area contributed by atoms with Crippen LogP contribution in [0, 0.1) is 0 Å². The predicted octanol–water partition coefficient (Wildman–Crippen LogP) is 3.65. The van der Waals surface area contributed by atoms with Crippen molar-refractivity contribution in [3.05, 3.63) is 59.7 Å². The zero-order chi connectivity index (χ0) is 20.0. The summed E-state index contributed by atoms with van der Waals surface area (Å²) in [6.07, 6.45) is 5.54. The third-order valence-electron chi connectivity index (χ3n) is 5.03. The maximum Gasteiger partial charge on any atom is 0.337 e. The minimum Gasteiger partial charge on any atom is -0.478 e. The molecule has 150 valence electrons. The Hall–Kier alpha value is -2.38. The highest BCUT2D eigenvalue weighted by atomic mass is 32.2. The van der Waals surface area contributed by atoms with Gasteiger partial charge in [0.15, 0.2) is 0 Å². The number of anilines is 1. The van der Waals surface area contributed by atoms with Gasteiger partial charge in [0.25, 0.3) is 0 Å². The van der Waals surface area contributed by atoms with Gasteiger partial charge in [0.2, 0.25) is 10.0 Å². The number of hydrogen-bond donors (Lipinski definition) is 3. The number of aromatic carboxylic acids is 1. The van der Waals surface area contributed by atoms with E-state index in [0.717, 1.165) is 44.1 Å². The number of carbonyl (C=O) groups is 1. The summed E-state index contributed by atoms with van der Waals surface area (Å²) in [7, 11) is -3.74. The summed E-state index contributed by atoms with van der Waals surface area (Å²) in [6, 6.07) is 14.0. The van der Waals surface area contributed by atoms with E-state index in [4.69, 9.17) is 0 Å². The molecule has 0 aromatic heterocycles. The molecule has 0 spiro atoms. The fourth-order valence-electron chi connectivity index (χ4n) is 3.52. The van der Waals surface area contributed by atoms with Crippen molar-refractivity contribution in [2.45, 2.75) is 49.5 Å². The quantitative estimate of drug-likeness (QED) is 0.626. The highest BCUT2D eigenvalue weighted by Crippen LogP contribution is 2.23. The van der Waals surface area contributed by atoms with E-state index in [1.165, 1.54) is 18.2 Å². The molecule has 1 aliphatic carbocycles.